The van der Waals surface area contributed by atoms with Crippen LogP contribution in [0.1, 0.15) is 16.3 Å². The van der Waals surface area contributed by atoms with Crippen molar-refractivity contribution < 1.29 is 9.53 Å². The van der Waals surface area contributed by atoms with E-state index in [0.29, 0.717) is 18.7 Å². The number of aromatic amines is 1. The first-order valence-electron chi connectivity index (χ1n) is 7.98. The monoisotopic (exact) mass is 335 g/mol. The van der Waals surface area contributed by atoms with Gasteiger partial charge in [-0.05, 0) is 30.3 Å². The quantitative estimate of drug-likeness (QED) is 0.585. The van der Waals surface area contributed by atoms with Crippen LogP contribution in [0.4, 0.5) is 0 Å². The number of hydrogen-bond acceptors (Lipinski definition) is 4. The summed E-state index contributed by atoms with van der Waals surface area (Å²) in [7, 11) is 1.62. The number of H-pyrrole nitrogens is 1. The average Bonchev–Trinajstić information content (AvgIpc) is 3.25. The van der Waals surface area contributed by atoms with E-state index in [2.05, 4.69) is 20.5 Å². The lowest BCUT2D eigenvalue weighted by atomic mass is 10.2. The molecule has 0 aliphatic rings. The predicted molar refractivity (Wildman–Crippen MR) is 93.9 cm³/mol. The molecular formula is C18H17N5O2. The summed E-state index contributed by atoms with van der Waals surface area (Å²) in [5.41, 5.74) is 2.19. The van der Waals surface area contributed by atoms with Crippen molar-refractivity contribution in [3.63, 3.8) is 0 Å². The van der Waals surface area contributed by atoms with Crippen LogP contribution in [0.3, 0.4) is 0 Å². The number of ether oxygens (including phenoxy) is 1. The average molecular weight is 335 g/mol. The minimum atomic E-state index is -0.149. The highest BCUT2D eigenvalue weighted by Crippen LogP contribution is 2.21. The molecule has 4 aromatic rings. The topological polar surface area (TPSA) is 84.3 Å². The molecule has 0 aliphatic carbocycles. The number of fused-ring (bicyclic) bond motifs is 2. The van der Waals surface area contributed by atoms with Crippen molar-refractivity contribution in [2.24, 2.45) is 0 Å². The normalized spacial score (nSPS) is 11.1. The molecule has 1 amide bonds. The van der Waals surface area contributed by atoms with Gasteiger partial charge in [0.15, 0.2) is 5.65 Å². The van der Waals surface area contributed by atoms with Crippen LogP contribution in [0.15, 0.2) is 48.7 Å². The number of amides is 1. The number of benzene rings is 1. The molecule has 0 aliphatic heterocycles. The second-order valence-electron chi connectivity index (χ2n) is 5.69. The largest absolute Gasteiger partial charge is 0.497 e. The van der Waals surface area contributed by atoms with E-state index in [1.165, 1.54) is 0 Å². The zero-order valence-electron chi connectivity index (χ0n) is 13.7. The third-order valence-electron chi connectivity index (χ3n) is 4.09. The zero-order chi connectivity index (χ0) is 17.2. The van der Waals surface area contributed by atoms with Crippen LogP contribution in [0, 0.1) is 0 Å². The van der Waals surface area contributed by atoms with Crippen LogP contribution < -0.4 is 10.1 Å². The maximum atomic E-state index is 12.3. The Hall–Kier alpha value is -3.35. The summed E-state index contributed by atoms with van der Waals surface area (Å²) in [5, 5.41) is 12.1. The number of nitrogens with zero attached hydrogens (tertiary/aromatic N) is 3. The number of pyridine rings is 1. The van der Waals surface area contributed by atoms with Crippen molar-refractivity contribution in [3.05, 3.63) is 60.2 Å². The van der Waals surface area contributed by atoms with E-state index in [1.54, 1.807) is 7.11 Å². The van der Waals surface area contributed by atoms with Gasteiger partial charge in [-0.1, -0.05) is 6.07 Å². The molecule has 0 unspecified atom stereocenters. The molecule has 126 valence electrons. The van der Waals surface area contributed by atoms with Crippen LogP contribution in [0.5, 0.6) is 5.75 Å². The first-order chi connectivity index (χ1) is 12.2. The fourth-order valence-corrected chi connectivity index (χ4v) is 2.80. The summed E-state index contributed by atoms with van der Waals surface area (Å²) < 4.78 is 7.12. The van der Waals surface area contributed by atoms with Gasteiger partial charge in [-0.2, -0.15) is 0 Å². The summed E-state index contributed by atoms with van der Waals surface area (Å²) in [4.78, 5) is 15.5. The van der Waals surface area contributed by atoms with Crippen molar-refractivity contribution in [2.45, 2.75) is 6.42 Å². The fourth-order valence-electron chi connectivity index (χ4n) is 2.80. The minimum Gasteiger partial charge on any atom is -0.497 e. The van der Waals surface area contributed by atoms with Crippen LogP contribution in [0.25, 0.3) is 16.6 Å². The zero-order valence-corrected chi connectivity index (χ0v) is 13.7. The Bertz CT molecular complexity index is 1050. The molecule has 3 aromatic heterocycles. The van der Waals surface area contributed by atoms with Gasteiger partial charge in [-0.25, -0.2) is 0 Å². The van der Waals surface area contributed by atoms with E-state index < -0.39 is 0 Å². The maximum Gasteiger partial charge on any atom is 0.267 e. The molecule has 1 aromatic carbocycles. The molecule has 7 heteroatoms. The number of aromatic nitrogens is 4. The van der Waals surface area contributed by atoms with Crippen LogP contribution in [-0.2, 0) is 6.42 Å². The van der Waals surface area contributed by atoms with Crippen LogP contribution >= 0.6 is 0 Å². The number of nitrogens with one attached hydrogen (secondary N) is 2. The SMILES string of the molecule is COc1ccc2cc(C(=O)NCCc3nnc4ccccn34)[nH]c2c1. The lowest BCUT2D eigenvalue weighted by molar-refractivity contribution is 0.0950. The molecule has 0 fully saturated rings. The number of carbonyl (C=O) groups excluding carboxylic acids is 1. The van der Waals surface area contributed by atoms with E-state index in [9.17, 15) is 4.79 Å². The lowest BCUT2D eigenvalue weighted by Gasteiger charge is -2.03. The third kappa shape index (κ3) is 2.91. The molecule has 2 N–H and O–H groups in total. The summed E-state index contributed by atoms with van der Waals surface area (Å²) in [5.74, 6) is 1.42. The van der Waals surface area contributed by atoms with Crippen molar-refractivity contribution in [1.82, 2.24) is 24.9 Å². The van der Waals surface area contributed by atoms with Crippen molar-refractivity contribution >= 4 is 22.5 Å². The standard InChI is InChI=1S/C18H17N5O2/c1-25-13-6-5-12-10-15(20-14(12)11-13)18(24)19-8-7-17-22-21-16-4-2-3-9-23(16)17/h2-6,9-11,20H,7-8H2,1H3,(H,19,24). The summed E-state index contributed by atoms with van der Waals surface area (Å²) in [6, 6.07) is 13.2. The van der Waals surface area contributed by atoms with E-state index in [4.69, 9.17) is 4.74 Å². The number of rotatable bonds is 5. The Kier molecular flexibility index (Phi) is 3.81. The lowest BCUT2D eigenvalue weighted by Crippen LogP contribution is -2.26. The van der Waals surface area contributed by atoms with Gasteiger partial charge in [0.1, 0.15) is 17.3 Å². The highest BCUT2D eigenvalue weighted by atomic mass is 16.5. The van der Waals surface area contributed by atoms with Crippen LogP contribution in [0.2, 0.25) is 0 Å². The van der Waals surface area contributed by atoms with Gasteiger partial charge < -0.3 is 15.0 Å². The van der Waals surface area contributed by atoms with Gasteiger partial charge in [0.25, 0.3) is 5.91 Å². The molecule has 0 saturated heterocycles. The molecule has 4 rings (SSSR count). The van der Waals surface area contributed by atoms with Crippen LogP contribution in [-0.4, -0.2) is 39.1 Å². The molecule has 3 heterocycles. The van der Waals surface area contributed by atoms with E-state index in [0.717, 1.165) is 28.1 Å². The van der Waals surface area contributed by atoms with Gasteiger partial charge >= 0.3 is 0 Å². The summed E-state index contributed by atoms with van der Waals surface area (Å²) in [6.07, 6.45) is 2.52. The van der Waals surface area contributed by atoms with Gasteiger partial charge in [-0.3, -0.25) is 9.20 Å². The maximum absolute atomic E-state index is 12.3. The summed E-state index contributed by atoms with van der Waals surface area (Å²) in [6.45, 7) is 0.479. The predicted octanol–water partition coefficient (Wildman–Crippen LogP) is 2.19. The Morgan fingerprint density at radius 3 is 3.04 bits per heavy atom. The first-order valence-corrected chi connectivity index (χ1v) is 7.98. The van der Waals surface area contributed by atoms with Crippen molar-refractivity contribution in [3.8, 4) is 5.75 Å². The van der Waals surface area contributed by atoms with E-state index >= 15 is 0 Å². The highest BCUT2D eigenvalue weighted by molar-refractivity contribution is 5.98. The number of hydrogen-bond donors (Lipinski definition) is 2. The molecule has 25 heavy (non-hydrogen) atoms. The Labute approximate surface area is 143 Å². The van der Waals surface area contributed by atoms with Gasteiger partial charge in [0, 0.05) is 36.1 Å². The van der Waals surface area contributed by atoms with Gasteiger partial charge in [0.2, 0.25) is 0 Å². The van der Waals surface area contributed by atoms with Crippen molar-refractivity contribution in [2.75, 3.05) is 13.7 Å². The minimum absolute atomic E-state index is 0.149. The molecule has 0 radical (unpaired) electrons. The van der Waals surface area contributed by atoms with Crippen molar-refractivity contribution in [1.29, 1.82) is 0 Å². The molecule has 0 bridgehead atoms. The third-order valence-corrected chi connectivity index (χ3v) is 4.09. The van der Waals surface area contributed by atoms with Gasteiger partial charge in [-0.15, -0.1) is 10.2 Å². The molecule has 7 nitrogen and oxygen atoms in total. The van der Waals surface area contributed by atoms with E-state index in [-0.39, 0.29) is 5.91 Å². The Balaban J connectivity index is 1.43. The summed E-state index contributed by atoms with van der Waals surface area (Å²) >= 11 is 0. The fraction of sp³-hybridized carbons (Fsp3) is 0.167. The Morgan fingerprint density at radius 2 is 2.16 bits per heavy atom. The number of methoxy groups -OCH3 is 1. The molecule has 0 spiro atoms. The van der Waals surface area contributed by atoms with E-state index in [1.807, 2.05) is 53.1 Å². The Morgan fingerprint density at radius 1 is 1.24 bits per heavy atom. The number of carbonyl (C=O) groups is 1. The molecule has 0 saturated carbocycles. The first kappa shape index (κ1) is 15.2. The van der Waals surface area contributed by atoms with Gasteiger partial charge in [0.05, 0.1) is 7.11 Å². The molecule has 0 atom stereocenters. The smallest absolute Gasteiger partial charge is 0.267 e. The second kappa shape index (κ2) is 6.27. The molecular weight excluding hydrogens is 318 g/mol. The highest BCUT2D eigenvalue weighted by Gasteiger charge is 2.11. The second-order valence-corrected chi connectivity index (χ2v) is 5.69.